The second-order valence-corrected chi connectivity index (χ2v) is 7.26. The number of aryl methyl sites for hydroxylation is 2. The Labute approximate surface area is 125 Å². The van der Waals surface area contributed by atoms with E-state index in [0.29, 0.717) is 12.0 Å². The molecule has 0 aliphatic carbocycles. The van der Waals surface area contributed by atoms with Gasteiger partial charge in [-0.15, -0.1) is 11.3 Å². The van der Waals surface area contributed by atoms with Crippen LogP contribution in [0.25, 0.3) is 0 Å². The third kappa shape index (κ3) is 2.54. The lowest BCUT2D eigenvalue weighted by Gasteiger charge is -2.26. The Balaban J connectivity index is 1.90. The number of rotatable bonds is 3. The van der Waals surface area contributed by atoms with E-state index in [1.54, 1.807) is 0 Å². The Morgan fingerprint density at radius 3 is 2.75 bits per heavy atom. The van der Waals surface area contributed by atoms with Crippen LogP contribution in [0, 0.1) is 13.8 Å². The minimum atomic E-state index is 0.382. The molecule has 0 aromatic carbocycles. The first-order chi connectivity index (χ1) is 9.66. The molecule has 2 aromatic heterocycles. The predicted octanol–water partition coefficient (Wildman–Crippen LogP) is 3.64. The Bertz CT molecular complexity index is 578. The Morgan fingerprint density at radius 2 is 2.10 bits per heavy atom. The summed E-state index contributed by atoms with van der Waals surface area (Å²) in [4.78, 5) is 7.25. The molecule has 0 amide bonds. The van der Waals surface area contributed by atoms with Crippen molar-refractivity contribution in [1.29, 1.82) is 0 Å². The number of aromatic nitrogens is 2. The van der Waals surface area contributed by atoms with Gasteiger partial charge in [-0.05, 0) is 58.3 Å². The van der Waals surface area contributed by atoms with E-state index in [2.05, 4.69) is 47.9 Å². The molecule has 1 saturated heterocycles. The number of thiophene rings is 1. The smallest absolute Gasteiger partial charge is 0.0953 e. The van der Waals surface area contributed by atoms with Gasteiger partial charge in [-0.25, -0.2) is 4.98 Å². The van der Waals surface area contributed by atoms with Crippen LogP contribution in [0.3, 0.4) is 0 Å². The highest BCUT2D eigenvalue weighted by Gasteiger charge is 2.22. The molecule has 0 saturated carbocycles. The van der Waals surface area contributed by atoms with E-state index in [4.69, 9.17) is 0 Å². The quantitative estimate of drug-likeness (QED) is 0.935. The Morgan fingerprint density at radius 1 is 1.35 bits per heavy atom. The van der Waals surface area contributed by atoms with Crippen molar-refractivity contribution in [3.8, 4) is 0 Å². The molecule has 108 valence electrons. The van der Waals surface area contributed by atoms with Crippen LogP contribution in [-0.2, 0) is 0 Å². The molecular weight excluding hydrogens is 266 g/mol. The zero-order valence-electron chi connectivity index (χ0n) is 12.5. The summed E-state index contributed by atoms with van der Waals surface area (Å²) in [6, 6.07) is 2.71. The van der Waals surface area contributed by atoms with Crippen molar-refractivity contribution in [3.63, 3.8) is 0 Å². The Kier molecular flexibility index (Phi) is 3.94. The SMILES string of the molecule is Cc1cc(C(C)n2cncc2C2CCNCC2)c(C)s1. The lowest BCUT2D eigenvalue weighted by atomic mass is 9.94. The van der Waals surface area contributed by atoms with Gasteiger partial charge in [0.05, 0.1) is 12.4 Å². The molecule has 3 nitrogen and oxygen atoms in total. The largest absolute Gasteiger partial charge is 0.327 e. The molecule has 3 rings (SSSR count). The van der Waals surface area contributed by atoms with Gasteiger partial charge in [-0.3, -0.25) is 0 Å². The first-order valence-corrected chi connectivity index (χ1v) is 8.28. The molecule has 1 fully saturated rings. The van der Waals surface area contributed by atoms with E-state index in [0.717, 1.165) is 13.1 Å². The van der Waals surface area contributed by atoms with E-state index >= 15 is 0 Å². The van der Waals surface area contributed by atoms with Crippen molar-refractivity contribution < 1.29 is 0 Å². The molecule has 20 heavy (non-hydrogen) atoms. The first kappa shape index (κ1) is 13.8. The van der Waals surface area contributed by atoms with Gasteiger partial charge in [0.2, 0.25) is 0 Å². The highest BCUT2D eigenvalue weighted by Crippen LogP contribution is 2.32. The second kappa shape index (κ2) is 5.70. The van der Waals surface area contributed by atoms with E-state index < -0.39 is 0 Å². The van der Waals surface area contributed by atoms with Crippen LogP contribution in [0.4, 0.5) is 0 Å². The van der Waals surface area contributed by atoms with Crippen LogP contribution in [-0.4, -0.2) is 22.6 Å². The topological polar surface area (TPSA) is 29.9 Å². The van der Waals surface area contributed by atoms with Crippen molar-refractivity contribution in [2.24, 2.45) is 0 Å². The molecule has 3 heterocycles. The normalized spacial score (nSPS) is 18.4. The molecule has 1 N–H and O–H groups in total. The average molecular weight is 289 g/mol. The van der Waals surface area contributed by atoms with E-state index in [1.807, 2.05) is 17.7 Å². The second-order valence-electron chi connectivity index (χ2n) is 5.79. The van der Waals surface area contributed by atoms with Crippen LogP contribution >= 0.6 is 11.3 Å². The third-order valence-corrected chi connectivity index (χ3v) is 5.38. The number of nitrogens with one attached hydrogen (secondary N) is 1. The first-order valence-electron chi connectivity index (χ1n) is 7.46. The average Bonchev–Trinajstić information content (AvgIpc) is 3.05. The van der Waals surface area contributed by atoms with Gasteiger partial charge in [-0.2, -0.15) is 0 Å². The lowest BCUT2D eigenvalue weighted by Crippen LogP contribution is -2.28. The van der Waals surface area contributed by atoms with Crippen molar-refractivity contribution in [3.05, 3.63) is 39.6 Å². The molecule has 1 aliphatic heterocycles. The summed E-state index contributed by atoms with van der Waals surface area (Å²) in [5.41, 5.74) is 2.85. The summed E-state index contributed by atoms with van der Waals surface area (Å²) >= 11 is 1.89. The van der Waals surface area contributed by atoms with Crippen LogP contribution in [0.1, 0.15) is 52.7 Å². The van der Waals surface area contributed by atoms with Gasteiger partial charge in [0.25, 0.3) is 0 Å². The maximum absolute atomic E-state index is 4.43. The van der Waals surface area contributed by atoms with Crippen molar-refractivity contribution in [2.75, 3.05) is 13.1 Å². The van der Waals surface area contributed by atoms with Gasteiger partial charge < -0.3 is 9.88 Å². The molecule has 0 spiro atoms. The maximum Gasteiger partial charge on any atom is 0.0953 e. The fourth-order valence-electron chi connectivity index (χ4n) is 3.29. The summed E-state index contributed by atoms with van der Waals surface area (Å²) in [7, 11) is 0. The van der Waals surface area contributed by atoms with E-state index in [9.17, 15) is 0 Å². The molecule has 4 heteroatoms. The molecule has 0 radical (unpaired) electrons. The molecule has 1 aliphatic rings. The molecule has 1 unspecified atom stereocenters. The van der Waals surface area contributed by atoms with Crippen molar-refractivity contribution >= 4 is 11.3 Å². The monoisotopic (exact) mass is 289 g/mol. The number of hydrogen-bond donors (Lipinski definition) is 1. The third-order valence-electron chi connectivity index (χ3n) is 4.40. The molecule has 1 atom stereocenters. The highest BCUT2D eigenvalue weighted by atomic mass is 32.1. The number of nitrogens with zero attached hydrogens (tertiary/aromatic N) is 2. The fraction of sp³-hybridized carbons (Fsp3) is 0.562. The zero-order chi connectivity index (χ0) is 14.1. The Hall–Kier alpha value is -1.13. The van der Waals surface area contributed by atoms with Crippen LogP contribution in [0.5, 0.6) is 0 Å². The van der Waals surface area contributed by atoms with Crippen LogP contribution in [0.2, 0.25) is 0 Å². The summed E-state index contributed by atoms with van der Waals surface area (Å²) in [5, 5.41) is 3.44. The van der Waals surface area contributed by atoms with Gasteiger partial charge in [-0.1, -0.05) is 0 Å². The number of piperidine rings is 1. The minimum Gasteiger partial charge on any atom is -0.327 e. The van der Waals surface area contributed by atoms with Crippen LogP contribution < -0.4 is 5.32 Å². The van der Waals surface area contributed by atoms with E-state index in [1.165, 1.54) is 33.9 Å². The maximum atomic E-state index is 4.43. The zero-order valence-corrected chi connectivity index (χ0v) is 13.3. The number of hydrogen-bond acceptors (Lipinski definition) is 3. The van der Waals surface area contributed by atoms with E-state index in [-0.39, 0.29) is 0 Å². The minimum absolute atomic E-state index is 0.382. The lowest BCUT2D eigenvalue weighted by molar-refractivity contribution is 0.433. The van der Waals surface area contributed by atoms with Gasteiger partial charge in [0.15, 0.2) is 0 Å². The number of imidazole rings is 1. The van der Waals surface area contributed by atoms with Crippen molar-refractivity contribution in [2.45, 2.75) is 45.6 Å². The van der Waals surface area contributed by atoms with Gasteiger partial charge in [0.1, 0.15) is 0 Å². The molecule has 0 bridgehead atoms. The van der Waals surface area contributed by atoms with Gasteiger partial charge in [0, 0.05) is 27.6 Å². The van der Waals surface area contributed by atoms with Crippen molar-refractivity contribution in [1.82, 2.24) is 14.9 Å². The standard InChI is InChI=1S/C16H23N3S/c1-11-8-15(13(3)20-11)12(2)19-10-18-9-16(19)14-4-6-17-7-5-14/h8-10,12,14,17H,4-7H2,1-3H3. The van der Waals surface area contributed by atoms with Crippen LogP contribution in [0.15, 0.2) is 18.6 Å². The van der Waals surface area contributed by atoms with Gasteiger partial charge >= 0.3 is 0 Å². The summed E-state index contributed by atoms with van der Waals surface area (Å²) in [5.74, 6) is 0.654. The summed E-state index contributed by atoms with van der Waals surface area (Å²) in [6.45, 7) is 8.96. The molecule has 2 aromatic rings. The summed E-state index contributed by atoms with van der Waals surface area (Å²) < 4.78 is 2.38. The fourth-order valence-corrected chi connectivity index (χ4v) is 4.30. The summed E-state index contributed by atoms with van der Waals surface area (Å²) in [6.07, 6.45) is 6.52. The highest BCUT2D eigenvalue weighted by molar-refractivity contribution is 7.12. The predicted molar refractivity (Wildman–Crippen MR) is 84.7 cm³/mol. The molecular formula is C16H23N3S.